The predicted molar refractivity (Wildman–Crippen MR) is 72.9 cm³/mol. The molecule has 1 fully saturated rings. The summed E-state index contributed by atoms with van der Waals surface area (Å²) in [4.78, 5) is 0. The third-order valence-electron chi connectivity index (χ3n) is 3.90. The molecule has 0 saturated carbocycles. The van der Waals surface area contributed by atoms with Gasteiger partial charge in [0.25, 0.3) is 0 Å². The summed E-state index contributed by atoms with van der Waals surface area (Å²) in [7, 11) is -0.349. The van der Waals surface area contributed by atoms with Crippen LogP contribution < -0.4 is 5.59 Å². The van der Waals surface area contributed by atoms with Gasteiger partial charge in [-0.1, -0.05) is 13.3 Å². The SMILES string of the molecule is CCCCn1ccc(B2OC(C)(C)C(C)(C)O2)n1. The van der Waals surface area contributed by atoms with E-state index >= 15 is 0 Å². The minimum atomic E-state index is -0.349. The molecule has 5 heteroatoms. The van der Waals surface area contributed by atoms with E-state index in [4.69, 9.17) is 9.31 Å². The van der Waals surface area contributed by atoms with Gasteiger partial charge in [0.1, 0.15) is 0 Å². The van der Waals surface area contributed by atoms with Gasteiger partial charge in [-0.3, -0.25) is 4.68 Å². The Kier molecular flexibility index (Phi) is 3.56. The van der Waals surface area contributed by atoms with Crippen LogP contribution in [0.1, 0.15) is 47.5 Å². The van der Waals surface area contributed by atoms with Gasteiger partial charge in [0.2, 0.25) is 0 Å². The topological polar surface area (TPSA) is 36.3 Å². The second-order valence-electron chi connectivity index (χ2n) is 5.95. The molecule has 0 aromatic carbocycles. The molecule has 1 saturated heterocycles. The van der Waals surface area contributed by atoms with Crippen LogP contribution in [0.3, 0.4) is 0 Å². The van der Waals surface area contributed by atoms with Crippen LogP contribution in [0.25, 0.3) is 0 Å². The number of hydrogen-bond acceptors (Lipinski definition) is 3. The minimum absolute atomic E-state index is 0.301. The summed E-state index contributed by atoms with van der Waals surface area (Å²) in [5, 5.41) is 4.53. The van der Waals surface area contributed by atoms with Crippen LogP contribution in [-0.4, -0.2) is 28.1 Å². The smallest absolute Gasteiger partial charge is 0.398 e. The molecule has 1 aromatic heterocycles. The zero-order valence-corrected chi connectivity index (χ0v) is 12.1. The molecule has 1 aliphatic rings. The van der Waals surface area contributed by atoms with E-state index in [2.05, 4.69) is 39.7 Å². The summed E-state index contributed by atoms with van der Waals surface area (Å²) < 4.78 is 13.9. The molecule has 0 N–H and O–H groups in total. The number of unbranched alkanes of at least 4 members (excludes halogenated alkanes) is 1. The van der Waals surface area contributed by atoms with Crippen molar-refractivity contribution in [2.75, 3.05) is 0 Å². The Bertz CT molecular complexity index is 399. The Labute approximate surface area is 110 Å². The van der Waals surface area contributed by atoms with Gasteiger partial charge in [-0.15, -0.1) is 0 Å². The Morgan fingerprint density at radius 2 is 1.83 bits per heavy atom. The molecule has 0 spiro atoms. The fourth-order valence-corrected chi connectivity index (χ4v) is 1.91. The normalized spacial score (nSPS) is 21.5. The van der Waals surface area contributed by atoms with E-state index < -0.39 is 0 Å². The molecular weight excluding hydrogens is 227 g/mol. The molecule has 1 aliphatic heterocycles. The van der Waals surface area contributed by atoms with Crippen molar-refractivity contribution < 1.29 is 9.31 Å². The van der Waals surface area contributed by atoms with E-state index in [-0.39, 0.29) is 18.3 Å². The predicted octanol–water partition coefficient (Wildman–Crippen LogP) is 1.98. The van der Waals surface area contributed by atoms with Crippen molar-refractivity contribution >= 4 is 12.7 Å². The van der Waals surface area contributed by atoms with E-state index in [0.29, 0.717) is 0 Å². The van der Waals surface area contributed by atoms with Crippen molar-refractivity contribution in [3.05, 3.63) is 12.3 Å². The highest BCUT2D eigenvalue weighted by Gasteiger charge is 2.52. The highest BCUT2D eigenvalue weighted by Crippen LogP contribution is 2.36. The number of aromatic nitrogens is 2. The van der Waals surface area contributed by atoms with Crippen molar-refractivity contribution in [3.8, 4) is 0 Å². The Hall–Kier alpha value is -0.805. The van der Waals surface area contributed by atoms with Gasteiger partial charge in [0.15, 0.2) is 0 Å². The van der Waals surface area contributed by atoms with Gasteiger partial charge < -0.3 is 9.31 Å². The van der Waals surface area contributed by atoms with E-state index in [1.54, 1.807) is 0 Å². The highest BCUT2D eigenvalue weighted by molar-refractivity contribution is 6.61. The monoisotopic (exact) mass is 250 g/mol. The Balaban J connectivity index is 2.07. The van der Waals surface area contributed by atoms with E-state index in [0.717, 1.165) is 18.6 Å². The molecule has 18 heavy (non-hydrogen) atoms. The van der Waals surface area contributed by atoms with Crippen LogP contribution in [0.15, 0.2) is 12.3 Å². The number of aryl methyl sites for hydroxylation is 1. The minimum Gasteiger partial charge on any atom is -0.398 e. The first-order valence-electron chi connectivity index (χ1n) is 6.75. The summed E-state index contributed by atoms with van der Waals surface area (Å²) in [6.45, 7) is 11.4. The molecule has 0 bridgehead atoms. The average molecular weight is 250 g/mol. The van der Waals surface area contributed by atoms with Crippen molar-refractivity contribution in [3.63, 3.8) is 0 Å². The van der Waals surface area contributed by atoms with E-state index in [1.165, 1.54) is 6.42 Å². The summed E-state index contributed by atoms with van der Waals surface area (Å²) >= 11 is 0. The summed E-state index contributed by atoms with van der Waals surface area (Å²) in [6, 6.07) is 1.98. The van der Waals surface area contributed by atoms with Crippen LogP contribution in [0.4, 0.5) is 0 Å². The van der Waals surface area contributed by atoms with Gasteiger partial charge >= 0.3 is 7.12 Å². The van der Waals surface area contributed by atoms with Crippen molar-refractivity contribution in [1.82, 2.24) is 9.78 Å². The van der Waals surface area contributed by atoms with Crippen LogP contribution in [0, 0.1) is 0 Å². The fourth-order valence-electron chi connectivity index (χ4n) is 1.91. The molecular formula is C13H23BN2O2. The van der Waals surface area contributed by atoms with Gasteiger partial charge in [-0.25, -0.2) is 0 Å². The van der Waals surface area contributed by atoms with E-state index in [1.807, 2.05) is 16.9 Å². The van der Waals surface area contributed by atoms with Crippen molar-refractivity contribution in [1.29, 1.82) is 0 Å². The maximum atomic E-state index is 5.97. The lowest BCUT2D eigenvalue weighted by Gasteiger charge is -2.32. The molecule has 0 amide bonds. The zero-order valence-electron chi connectivity index (χ0n) is 12.1. The number of nitrogens with zero attached hydrogens (tertiary/aromatic N) is 2. The van der Waals surface area contributed by atoms with Gasteiger partial charge in [0, 0.05) is 12.7 Å². The lowest BCUT2D eigenvalue weighted by atomic mass is 9.85. The summed E-state index contributed by atoms with van der Waals surface area (Å²) in [5.74, 6) is 0. The third kappa shape index (κ3) is 2.47. The lowest BCUT2D eigenvalue weighted by Crippen LogP contribution is -2.41. The molecule has 2 heterocycles. The third-order valence-corrected chi connectivity index (χ3v) is 3.90. The van der Waals surface area contributed by atoms with Gasteiger partial charge in [-0.05, 0) is 40.2 Å². The quantitative estimate of drug-likeness (QED) is 0.766. The fraction of sp³-hybridized carbons (Fsp3) is 0.769. The first kappa shape index (κ1) is 13.6. The largest absolute Gasteiger partial charge is 0.516 e. The van der Waals surface area contributed by atoms with Crippen molar-refractivity contribution in [2.45, 2.75) is 65.2 Å². The Morgan fingerprint density at radius 3 is 2.39 bits per heavy atom. The molecule has 0 unspecified atom stereocenters. The van der Waals surface area contributed by atoms with Crippen molar-refractivity contribution in [2.24, 2.45) is 0 Å². The average Bonchev–Trinajstić information content (AvgIpc) is 2.80. The molecule has 0 radical (unpaired) electrons. The highest BCUT2D eigenvalue weighted by atomic mass is 16.7. The van der Waals surface area contributed by atoms with Crippen LogP contribution in [0.5, 0.6) is 0 Å². The van der Waals surface area contributed by atoms with Crippen LogP contribution in [0.2, 0.25) is 0 Å². The molecule has 4 nitrogen and oxygen atoms in total. The summed E-state index contributed by atoms with van der Waals surface area (Å²) in [5.41, 5.74) is 0.264. The second kappa shape index (κ2) is 4.70. The first-order valence-corrected chi connectivity index (χ1v) is 6.75. The molecule has 0 atom stereocenters. The number of hydrogen-bond donors (Lipinski definition) is 0. The van der Waals surface area contributed by atoms with Crippen LogP contribution >= 0.6 is 0 Å². The lowest BCUT2D eigenvalue weighted by molar-refractivity contribution is 0.00578. The zero-order chi connectivity index (χ0) is 13.4. The van der Waals surface area contributed by atoms with Gasteiger partial charge in [-0.2, -0.15) is 5.10 Å². The second-order valence-corrected chi connectivity index (χ2v) is 5.95. The summed E-state index contributed by atoms with van der Waals surface area (Å²) in [6.07, 6.45) is 4.31. The molecule has 1 aromatic rings. The maximum Gasteiger partial charge on any atom is 0.516 e. The van der Waals surface area contributed by atoms with Crippen LogP contribution in [-0.2, 0) is 15.9 Å². The molecule has 2 rings (SSSR count). The molecule has 100 valence electrons. The first-order chi connectivity index (χ1) is 8.36. The van der Waals surface area contributed by atoms with E-state index in [9.17, 15) is 0 Å². The number of rotatable bonds is 4. The maximum absolute atomic E-state index is 5.97. The Morgan fingerprint density at radius 1 is 1.22 bits per heavy atom. The molecule has 0 aliphatic carbocycles. The standard InChI is InChI=1S/C13H23BN2O2/c1-6-7-9-16-10-8-11(15-16)14-17-12(2,3)13(4,5)18-14/h8,10H,6-7,9H2,1-5H3. The van der Waals surface area contributed by atoms with Gasteiger partial charge in [0.05, 0.1) is 16.8 Å².